The molecule has 0 saturated carbocycles. The number of benzene rings is 5. The van der Waals surface area contributed by atoms with Crippen LogP contribution in [0.4, 0.5) is 0 Å². The number of rotatable bonds is 2. The van der Waals surface area contributed by atoms with Crippen LogP contribution < -0.4 is 0 Å². The van der Waals surface area contributed by atoms with E-state index in [-0.39, 0.29) is 0 Å². The number of halogens is 1. The van der Waals surface area contributed by atoms with Gasteiger partial charge in [-0.25, -0.2) is 4.98 Å². The summed E-state index contributed by atoms with van der Waals surface area (Å²) >= 11 is 3.52. The highest BCUT2D eigenvalue weighted by atomic mass is 79.9. The van der Waals surface area contributed by atoms with Crippen LogP contribution in [0.3, 0.4) is 0 Å². The molecule has 33 heavy (non-hydrogen) atoms. The third-order valence-corrected chi connectivity index (χ3v) is 6.90. The molecule has 0 amide bonds. The molecule has 4 heteroatoms. The lowest BCUT2D eigenvalue weighted by Gasteiger charge is -2.07. The van der Waals surface area contributed by atoms with Gasteiger partial charge in [-0.15, -0.1) is 0 Å². The van der Waals surface area contributed by atoms with E-state index < -0.39 is 0 Å². The lowest BCUT2D eigenvalue weighted by atomic mass is 10.1. The van der Waals surface area contributed by atoms with Gasteiger partial charge >= 0.3 is 0 Å². The van der Waals surface area contributed by atoms with E-state index in [1.807, 2.05) is 0 Å². The fourth-order valence-electron chi connectivity index (χ4n) is 4.79. The van der Waals surface area contributed by atoms with Crippen LogP contribution in [0.2, 0.25) is 0 Å². The maximum Gasteiger partial charge on any atom is 0.220 e. The maximum atomic E-state index is 5.09. The molecule has 0 N–H and O–H groups in total. The van der Waals surface area contributed by atoms with Crippen molar-refractivity contribution in [2.75, 3.05) is 0 Å². The van der Waals surface area contributed by atoms with Crippen LogP contribution in [0.5, 0.6) is 0 Å². The first kappa shape index (κ1) is 18.7. The van der Waals surface area contributed by atoms with Crippen LogP contribution in [0, 0.1) is 0 Å². The fraction of sp³-hybridized carbons (Fsp3) is 0. The Morgan fingerprint density at radius 2 is 1.18 bits per heavy atom. The van der Waals surface area contributed by atoms with Gasteiger partial charge in [0.05, 0.1) is 22.1 Å². The van der Waals surface area contributed by atoms with E-state index in [1.54, 1.807) is 0 Å². The van der Waals surface area contributed by atoms with Crippen LogP contribution in [0.25, 0.3) is 55.4 Å². The van der Waals surface area contributed by atoms with E-state index in [0.717, 1.165) is 38.0 Å². The Labute approximate surface area is 198 Å². The Morgan fingerprint density at radius 3 is 1.91 bits per heavy atom. The van der Waals surface area contributed by atoms with Gasteiger partial charge in [0.2, 0.25) is 5.78 Å². The Kier molecular flexibility index (Phi) is 3.99. The summed E-state index contributed by atoms with van der Waals surface area (Å²) in [7, 11) is 0. The topological polar surface area (TPSA) is 22.2 Å². The second-order valence-electron chi connectivity index (χ2n) is 8.31. The fourth-order valence-corrected chi connectivity index (χ4v) is 5.05. The van der Waals surface area contributed by atoms with Gasteiger partial charge in [0.15, 0.2) is 0 Å². The molecule has 0 radical (unpaired) electrons. The molecule has 7 rings (SSSR count). The van der Waals surface area contributed by atoms with Crippen molar-refractivity contribution >= 4 is 54.5 Å². The van der Waals surface area contributed by atoms with Crippen LogP contribution in [-0.2, 0) is 0 Å². The van der Waals surface area contributed by atoms with Gasteiger partial charge in [0, 0.05) is 10.2 Å². The highest BCUT2D eigenvalue weighted by Crippen LogP contribution is 2.32. The van der Waals surface area contributed by atoms with Gasteiger partial charge in [0.25, 0.3) is 0 Å². The third kappa shape index (κ3) is 2.84. The van der Waals surface area contributed by atoms with Crippen molar-refractivity contribution in [1.29, 1.82) is 0 Å². The minimum atomic E-state index is 0.929. The predicted molar refractivity (Wildman–Crippen MR) is 140 cm³/mol. The average molecular weight is 488 g/mol. The predicted octanol–water partition coefficient (Wildman–Crippen LogP) is 8.01. The molecule has 0 fully saturated rings. The SMILES string of the molecule is Brc1ccc(-c2ccc(-n3c4ccccc4n4c5cc6ccccc6cc5nc34)cc2)cc1. The second kappa shape index (κ2) is 7.06. The molecule has 156 valence electrons. The minimum absolute atomic E-state index is 0.929. The van der Waals surface area contributed by atoms with Gasteiger partial charge < -0.3 is 0 Å². The molecule has 0 aliphatic carbocycles. The van der Waals surface area contributed by atoms with E-state index >= 15 is 0 Å². The number of aromatic nitrogens is 3. The van der Waals surface area contributed by atoms with Crippen molar-refractivity contribution < 1.29 is 0 Å². The Bertz CT molecular complexity index is 1810. The van der Waals surface area contributed by atoms with E-state index in [4.69, 9.17) is 4.98 Å². The van der Waals surface area contributed by atoms with Gasteiger partial charge in [-0.1, -0.05) is 76.6 Å². The summed E-state index contributed by atoms with van der Waals surface area (Å²) in [6.45, 7) is 0. The molecule has 0 aliphatic heterocycles. The van der Waals surface area contributed by atoms with Crippen molar-refractivity contribution in [3.8, 4) is 16.8 Å². The maximum absolute atomic E-state index is 5.09. The van der Waals surface area contributed by atoms with E-state index in [2.05, 4.69) is 134 Å². The Morgan fingerprint density at radius 1 is 0.576 bits per heavy atom. The van der Waals surface area contributed by atoms with Crippen molar-refractivity contribution in [3.63, 3.8) is 0 Å². The number of fused-ring (bicyclic) bond motifs is 6. The van der Waals surface area contributed by atoms with Crippen molar-refractivity contribution in [2.24, 2.45) is 0 Å². The summed E-state index contributed by atoms with van der Waals surface area (Å²) in [4.78, 5) is 5.09. The molecule has 0 unspecified atom stereocenters. The average Bonchev–Trinajstić information content (AvgIpc) is 3.37. The first-order valence-electron chi connectivity index (χ1n) is 10.9. The molecule has 0 saturated heterocycles. The zero-order chi connectivity index (χ0) is 21.9. The molecule has 2 aromatic heterocycles. The molecule has 5 aromatic carbocycles. The van der Waals surface area contributed by atoms with E-state index in [0.29, 0.717) is 0 Å². The molecule has 7 aromatic rings. The van der Waals surface area contributed by atoms with Crippen molar-refractivity contribution in [1.82, 2.24) is 14.0 Å². The number of hydrogen-bond acceptors (Lipinski definition) is 1. The zero-order valence-corrected chi connectivity index (χ0v) is 19.2. The Balaban J connectivity index is 1.49. The summed E-state index contributed by atoms with van der Waals surface area (Å²) in [6, 6.07) is 38.6. The number of nitrogens with zero attached hydrogens (tertiary/aromatic N) is 3. The summed E-state index contributed by atoms with van der Waals surface area (Å²) in [5, 5.41) is 2.43. The zero-order valence-electron chi connectivity index (χ0n) is 17.6. The molecule has 0 atom stereocenters. The Hall–Kier alpha value is -3.89. The van der Waals surface area contributed by atoms with Gasteiger partial charge in [0.1, 0.15) is 0 Å². The van der Waals surface area contributed by atoms with Gasteiger partial charge in [-0.3, -0.25) is 8.97 Å². The lowest BCUT2D eigenvalue weighted by molar-refractivity contribution is 1.11. The van der Waals surface area contributed by atoms with Crippen LogP contribution in [0.1, 0.15) is 0 Å². The van der Waals surface area contributed by atoms with Gasteiger partial charge in [-0.05, 0) is 70.4 Å². The van der Waals surface area contributed by atoms with E-state index in [1.165, 1.54) is 21.9 Å². The van der Waals surface area contributed by atoms with Crippen LogP contribution in [0.15, 0.2) is 114 Å². The number of hydrogen-bond donors (Lipinski definition) is 0. The molecular formula is C29H18BrN3. The molecule has 0 spiro atoms. The molecular weight excluding hydrogens is 470 g/mol. The highest BCUT2D eigenvalue weighted by molar-refractivity contribution is 9.10. The summed E-state index contributed by atoms with van der Waals surface area (Å²) in [5.41, 5.74) is 7.93. The van der Waals surface area contributed by atoms with Crippen LogP contribution in [-0.4, -0.2) is 14.0 Å². The first-order chi connectivity index (χ1) is 16.3. The lowest BCUT2D eigenvalue weighted by Crippen LogP contribution is -1.95. The quantitative estimate of drug-likeness (QED) is 0.242. The van der Waals surface area contributed by atoms with Gasteiger partial charge in [-0.2, -0.15) is 0 Å². The number of imidazole rings is 2. The minimum Gasteiger partial charge on any atom is -0.278 e. The summed E-state index contributed by atoms with van der Waals surface area (Å²) in [6.07, 6.45) is 0. The molecule has 0 bridgehead atoms. The largest absolute Gasteiger partial charge is 0.278 e. The standard InChI is InChI=1S/C29H18BrN3/c30-23-13-9-19(10-14-23)20-11-15-24(16-12-20)32-26-7-3-4-8-27(26)33-28-18-22-6-2-1-5-21(22)17-25(28)31-29(32)33/h1-18H. The number of para-hydroxylation sites is 2. The molecule has 2 heterocycles. The monoisotopic (exact) mass is 487 g/mol. The highest BCUT2D eigenvalue weighted by Gasteiger charge is 2.17. The van der Waals surface area contributed by atoms with Crippen molar-refractivity contribution in [3.05, 3.63) is 114 Å². The summed E-state index contributed by atoms with van der Waals surface area (Å²) in [5.74, 6) is 0.929. The third-order valence-electron chi connectivity index (χ3n) is 6.37. The van der Waals surface area contributed by atoms with Crippen LogP contribution >= 0.6 is 15.9 Å². The van der Waals surface area contributed by atoms with E-state index in [9.17, 15) is 0 Å². The normalized spacial score (nSPS) is 11.8. The molecule has 0 aliphatic rings. The second-order valence-corrected chi connectivity index (χ2v) is 9.23. The molecule has 3 nitrogen and oxygen atoms in total. The smallest absolute Gasteiger partial charge is 0.220 e. The van der Waals surface area contributed by atoms with Crippen molar-refractivity contribution in [2.45, 2.75) is 0 Å². The first-order valence-corrected chi connectivity index (χ1v) is 11.7. The summed E-state index contributed by atoms with van der Waals surface area (Å²) < 4.78 is 5.62.